The number of anilines is 1. The van der Waals surface area contributed by atoms with Crippen molar-refractivity contribution in [3.05, 3.63) is 24.3 Å². The molecule has 5 nitrogen and oxygen atoms in total. The van der Waals surface area contributed by atoms with Gasteiger partial charge in [0.1, 0.15) is 0 Å². The van der Waals surface area contributed by atoms with E-state index in [1.54, 1.807) is 19.1 Å². The summed E-state index contributed by atoms with van der Waals surface area (Å²) < 4.78 is 23.6. The first-order valence-corrected chi connectivity index (χ1v) is 8.96. The second-order valence-corrected chi connectivity index (χ2v) is 7.62. The van der Waals surface area contributed by atoms with Crippen molar-refractivity contribution in [1.29, 1.82) is 0 Å². The number of nitrogens with zero attached hydrogens (tertiary/aromatic N) is 1. The number of amides is 1. The van der Waals surface area contributed by atoms with Crippen LogP contribution >= 0.6 is 0 Å². The maximum Gasteiger partial charge on any atom is 0.412 e. The predicted molar refractivity (Wildman–Crippen MR) is 81.5 cm³/mol. The highest BCUT2D eigenvalue weighted by atomic mass is 32.2. The molecule has 1 aromatic rings. The van der Waals surface area contributed by atoms with Crippen molar-refractivity contribution in [1.82, 2.24) is 0 Å². The summed E-state index contributed by atoms with van der Waals surface area (Å²) in [5, 5.41) is 9.46. The van der Waals surface area contributed by atoms with E-state index in [9.17, 15) is 18.3 Å². The fourth-order valence-electron chi connectivity index (χ4n) is 2.80. The molecule has 2 rings (SSSR count). The second kappa shape index (κ2) is 6.47. The van der Waals surface area contributed by atoms with E-state index in [1.165, 1.54) is 17.0 Å². The Labute approximate surface area is 125 Å². The molecule has 21 heavy (non-hydrogen) atoms. The van der Waals surface area contributed by atoms with Crippen molar-refractivity contribution in [2.45, 2.75) is 50.0 Å². The molecule has 0 spiro atoms. The number of benzene rings is 1. The summed E-state index contributed by atoms with van der Waals surface area (Å²) >= 11 is 0. The standard InChI is InChI=1S/C15H21NO4S/c1-2-21(19,20)14-10-8-13(9-11-14)16(15(17)18)12-6-4-3-5-7-12/h8-12H,2-7H2,1H3,(H,17,18). The first-order valence-electron chi connectivity index (χ1n) is 7.30. The third-order valence-corrected chi connectivity index (χ3v) is 5.75. The smallest absolute Gasteiger partial charge is 0.412 e. The lowest BCUT2D eigenvalue weighted by atomic mass is 9.94. The van der Waals surface area contributed by atoms with Crippen molar-refractivity contribution in [2.75, 3.05) is 10.7 Å². The van der Waals surface area contributed by atoms with Gasteiger partial charge < -0.3 is 5.11 Å². The highest BCUT2D eigenvalue weighted by Gasteiger charge is 2.26. The number of carbonyl (C=O) groups is 1. The normalized spacial score (nSPS) is 16.6. The molecule has 0 saturated heterocycles. The Hall–Kier alpha value is -1.56. The van der Waals surface area contributed by atoms with Crippen molar-refractivity contribution in [3.8, 4) is 0 Å². The Bertz CT molecular complexity index is 589. The number of rotatable bonds is 4. The van der Waals surface area contributed by atoms with Gasteiger partial charge in [0, 0.05) is 11.7 Å². The zero-order valence-corrected chi connectivity index (χ0v) is 13.0. The Morgan fingerprint density at radius 1 is 1.19 bits per heavy atom. The minimum Gasteiger partial charge on any atom is -0.465 e. The van der Waals surface area contributed by atoms with Gasteiger partial charge in [-0.3, -0.25) is 4.90 Å². The SMILES string of the molecule is CCS(=O)(=O)c1ccc(N(C(=O)O)C2CCCCC2)cc1. The summed E-state index contributed by atoms with van der Waals surface area (Å²) in [4.78, 5) is 13.2. The van der Waals surface area contributed by atoms with E-state index < -0.39 is 15.9 Å². The number of hydrogen-bond donors (Lipinski definition) is 1. The molecule has 0 radical (unpaired) electrons. The van der Waals surface area contributed by atoms with Crippen molar-refractivity contribution in [2.24, 2.45) is 0 Å². The van der Waals surface area contributed by atoms with Gasteiger partial charge in [-0.25, -0.2) is 13.2 Å². The average molecular weight is 311 g/mol. The Balaban J connectivity index is 2.27. The Kier molecular flexibility index (Phi) is 4.88. The van der Waals surface area contributed by atoms with Crippen LogP contribution in [-0.4, -0.2) is 31.4 Å². The molecule has 0 aromatic heterocycles. The monoisotopic (exact) mass is 311 g/mol. The summed E-state index contributed by atoms with van der Waals surface area (Å²) in [6.07, 6.45) is 3.97. The highest BCUT2D eigenvalue weighted by Crippen LogP contribution is 2.28. The molecule has 1 saturated carbocycles. The van der Waals surface area contributed by atoms with Crippen LogP contribution in [0.15, 0.2) is 29.2 Å². The van der Waals surface area contributed by atoms with Crippen LogP contribution in [0.4, 0.5) is 10.5 Å². The molecular formula is C15H21NO4S. The van der Waals surface area contributed by atoms with E-state index in [0.717, 1.165) is 32.1 Å². The van der Waals surface area contributed by atoms with Crippen LogP contribution in [0, 0.1) is 0 Å². The molecule has 1 aliphatic carbocycles. The van der Waals surface area contributed by atoms with Crippen LogP contribution < -0.4 is 4.90 Å². The summed E-state index contributed by atoms with van der Waals surface area (Å²) in [5.41, 5.74) is 0.546. The fourth-order valence-corrected chi connectivity index (χ4v) is 3.68. The van der Waals surface area contributed by atoms with Gasteiger partial charge in [-0.05, 0) is 37.1 Å². The van der Waals surface area contributed by atoms with Crippen LogP contribution in [0.2, 0.25) is 0 Å². The molecule has 1 N–H and O–H groups in total. The molecule has 116 valence electrons. The van der Waals surface area contributed by atoms with E-state index in [4.69, 9.17) is 0 Å². The van der Waals surface area contributed by atoms with Gasteiger partial charge in [0.15, 0.2) is 9.84 Å². The predicted octanol–water partition coefficient (Wildman–Crippen LogP) is 3.30. The largest absolute Gasteiger partial charge is 0.465 e. The van der Waals surface area contributed by atoms with Crippen molar-refractivity contribution < 1.29 is 18.3 Å². The summed E-state index contributed by atoms with van der Waals surface area (Å²) in [6, 6.07) is 6.15. The maximum absolute atomic E-state index is 11.8. The molecule has 1 aromatic carbocycles. The summed E-state index contributed by atoms with van der Waals surface area (Å²) in [5.74, 6) is 0.0393. The van der Waals surface area contributed by atoms with Crippen LogP contribution in [0.1, 0.15) is 39.0 Å². The lowest BCUT2D eigenvalue weighted by Crippen LogP contribution is -2.40. The first kappa shape index (κ1) is 15.8. The van der Waals surface area contributed by atoms with Crippen LogP contribution in [0.25, 0.3) is 0 Å². The van der Waals surface area contributed by atoms with Gasteiger partial charge in [0.25, 0.3) is 0 Å². The van der Waals surface area contributed by atoms with Gasteiger partial charge in [-0.2, -0.15) is 0 Å². The zero-order valence-electron chi connectivity index (χ0n) is 12.2. The molecule has 1 fully saturated rings. The third-order valence-electron chi connectivity index (χ3n) is 4.00. The maximum atomic E-state index is 11.8. The number of sulfone groups is 1. The van der Waals surface area contributed by atoms with E-state index >= 15 is 0 Å². The molecule has 0 aliphatic heterocycles. The van der Waals surface area contributed by atoms with Gasteiger partial charge in [-0.1, -0.05) is 26.2 Å². The van der Waals surface area contributed by atoms with Crippen molar-refractivity contribution in [3.63, 3.8) is 0 Å². The van der Waals surface area contributed by atoms with Gasteiger partial charge in [0.05, 0.1) is 10.6 Å². The van der Waals surface area contributed by atoms with E-state index in [-0.39, 0.29) is 16.7 Å². The van der Waals surface area contributed by atoms with E-state index in [2.05, 4.69) is 0 Å². The molecule has 0 atom stereocenters. The average Bonchev–Trinajstić information content (AvgIpc) is 2.49. The third kappa shape index (κ3) is 3.56. The molecule has 0 bridgehead atoms. The number of carboxylic acid groups (broad SMARTS) is 1. The lowest BCUT2D eigenvalue weighted by molar-refractivity contribution is 0.196. The fraction of sp³-hybridized carbons (Fsp3) is 0.533. The Morgan fingerprint density at radius 2 is 1.76 bits per heavy atom. The summed E-state index contributed by atoms with van der Waals surface area (Å²) in [6.45, 7) is 1.59. The molecular weight excluding hydrogens is 290 g/mol. The van der Waals surface area contributed by atoms with Gasteiger partial charge in [0.2, 0.25) is 0 Å². The minimum atomic E-state index is -3.25. The quantitative estimate of drug-likeness (QED) is 0.925. The second-order valence-electron chi connectivity index (χ2n) is 5.34. The Morgan fingerprint density at radius 3 is 2.24 bits per heavy atom. The number of hydrogen-bond acceptors (Lipinski definition) is 3. The van der Waals surface area contributed by atoms with Crippen molar-refractivity contribution >= 4 is 21.6 Å². The van der Waals surface area contributed by atoms with Crippen LogP contribution in [-0.2, 0) is 9.84 Å². The zero-order chi connectivity index (χ0) is 15.5. The van der Waals surface area contributed by atoms with Crippen LogP contribution in [0.5, 0.6) is 0 Å². The topological polar surface area (TPSA) is 74.7 Å². The van der Waals surface area contributed by atoms with Gasteiger partial charge in [-0.15, -0.1) is 0 Å². The molecule has 6 heteroatoms. The molecule has 0 unspecified atom stereocenters. The van der Waals surface area contributed by atoms with Crippen LogP contribution in [0.3, 0.4) is 0 Å². The van der Waals surface area contributed by atoms with Gasteiger partial charge >= 0.3 is 6.09 Å². The minimum absolute atomic E-state index is 0.00937. The molecule has 0 heterocycles. The highest BCUT2D eigenvalue weighted by molar-refractivity contribution is 7.91. The van der Waals surface area contributed by atoms with E-state index in [0.29, 0.717) is 5.69 Å². The molecule has 1 aliphatic rings. The molecule has 1 amide bonds. The van der Waals surface area contributed by atoms with E-state index in [1.807, 2.05) is 0 Å². The first-order chi connectivity index (χ1) is 9.95. The lowest BCUT2D eigenvalue weighted by Gasteiger charge is -2.32. The summed E-state index contributed by atoms with van der Waals surface area (Å²) in [7, 11) is -3.25.